The minimum absolute atomic E-state index is 0.00849. The molecule has 0 unspecified atom stereocenters. The molecule has 368 valence electrons. The molecule has 3 N–H and O–H groups in total. The Bertz CT molecular complexity index is 2490. The van der Waals surface area contributed by atoms with Crippen LogP contribution in [0.5, 0.6) is 5.75 Å². The molecule has 4 aromatic rings. The highest BCUT2D eigenvalue weighted by Gasteiger charge is 2.51. The minimum Gasteiger partial charge on any atom is -0.494 e. The zero-order chi connectivity index (χ0) is 50.1. The molecule has 2 saturated heterocycles. The lowest BCUT2D eigenvalue weighted by atomic mass is 9.85. The van der Waals surface area contributed by atoms with E-state index >= 15 is 0 Å². The number of β-amino-alcohol motifs (C(OH)–C–C–N with tert-alkyl or cyclic N) is 1. The Morgan fingerprint density at radius 3 is 2.29 bits per heavy atom. The standard InChI is InChI=1S/C49H56F3N7O9S/c1-47(2,3)42(44(63)57-28-36(60)24-39(57)43(62)55-26-31-9-11-32(12-10-31)40-27-54-30-68-40)56-41(61)29-66-21-8-20-65-19-6-7-22-67-37-17-15-34(16-18-37)59-46(69)58(45(64)48(59,4)5)35-14-13-33(25-53)38(23-35)49(50,51)52/h9-18,23,27,30,36,39,42,60H,6-8,19-22,24,26,28-29H2,1-5H3,(H,55,62)(H,56,61)/t36-,39+,42-/m1/s1. The summed E-state index contributed by atoms with van der Waals surface area (Å²) in [5, 5.41) is 25.3. The molecule has 0 radical (unpaired) electrons. The molecule has 20 heteroatoms. The molecule has 3 aromatic carbocycles. The van der Waals surface area contributed by atoms with Gasteiger partial charge in [-0.3, -0.25) is 24.1 Å². The fourth-order valence-corrected chi connectivity index (χ4v) is 8.47. The van der Waals surface area contributed by atoms with E-state index in [9.17, 15) is 42.7 Å². The number of amides is 4. The SMILES string of the molecule is CC(C)(C)[C@H](NC(=O)COCCCOCCCCOc1ccc(N2C(=S)N(c3ccc(C#N)c(C(F)(F)F)c3)C(=O)C2(C)C)cc1)C(=O)N1C[C@H](O)C[C@H]1C(=O)NCc1ccc(-c2cnco2)cc1. The van der Waals surface area contributed by atoms with Crippen molar-refractivity contribution < 1.29 is 56.1 Å². The van der Waals surface area contributed by atoms with Crippen LogP contribution in [0, 0.1) is 16.7 Å². The number of oxazole rings is 1. The van der Waals surface area contributed by atoms with Gasteiger partial charge in [0.05, 0.1) is 41.8 Å². The number of thiocarbonyl (C=S) groups is 1. The van der Waals surface area contributed by atoms with Crippen LogP contribution >= 0.6 is 12.2 Å². The van der Waals surface area contributed by atoms with Crippen LogP contribution in [-0.2, 0) is 41.4 Å². The molecule has 0 spiro atoms. The van der Waals surface area contributed by atoms with Crippen LogP contribution in [0.25, 0.3) is 11.3 Å². The molecule has 3 heterocycles. The second-order valence-electron chi connectivity index (χ2n) is 18.3. The Hall–Kier alpha value is -6.40. The van der Waals surface area contributed by atoms with E-state index in [4.69, 9.17) is 30.8 Å². The Balaban J connectivity index is 0.865. The largest absolute Gasteiger partial charge is 0.494 e. The summed E-state index contributed by atoms with van der Waals surface area (Å²) < 4.78 is 63.6. The fraction of sp³-hybridized carbons (Fsp3) is 0.449. The summed E-state index contributed by atoms with van der Waals surface area (Å²) in [4.78, 5) is 61.6. The predicted octanol–water partition coefficient (Wildman–Crippen LogP) is 6.54. The van der Waals surface area contributed by atoms with Gasteiger partial charge in [-0.25, -0.2) is 4.98 Å². The maximum absolute atomic E-state index is 13.9. The summed E-state index contributed by atoms with van der Waals surface area (Å²) in [5.41, 5.74) is -1.56. The first-order chi connectivity index (χ1) is 32.7. The number of nitrogens with zero attached hydrogens (tertiary/aromatic N) is 5. The molecule has 1 aromatic heterocycles. The maximum Gasteiger partial charge on any atom is 0.417 e. The summed E-state index contributed by atoms with van der Waals surface area (Å²) in [6, 6.07) is 16.9. The van der Waals surface area contributed by atoms with E-state index in [1.165, 1.54) is 17.4 Å². The predicted molar refractivity (Wildman–Crippen MR) is 252 cm³/mol. The van der Waals surface area contributed by atoms with Gasteiger partial charge in [-0.05, 0) is 98.8 Å². The molecule has 16 nitrogen and oxygen atoms in total. The number of rotatable bonds is 20. The highest BCUT2D eigenvalue weighted by atomic mass is 32.1. The van der Waals surface area contributed by atoms with Crippen molar-refractivity contribution >= 4 is 52.3 Å². The smallest absolute Gasteiger partial charge is 0.417 e. The van der Waals surface area contributed by atoms with Crippen molar-refractivity contribution in [3.63, 3.8) is 0 Å². The number of benzene rings is 3. The van der Waals surface area contributed by atoms with Gasteiger partial charge in [0.2, 0.25) is 17.7 Å². The average Bonchev–Trinajstić information content (AvgIpc) is 4.03. The lowest BCUT2D eigenvalue weighted by molar-refractivity contribution is -0.144. The number of aliphatic hydroxyl groups is 1. The lowest BCUT2D eigenvalue weighted by Crippen LogP contribution is -2.58. The highest BCUT2D eigenvalue weighted by Crippen LogP contribution is 2.40. The number of carbonyl (C=O) groups excluding carboxylic acids is 4. The second-order valence-corrected chi connectivity index (χ2v) is 18.6. The number of halogens is 3. The molecule has 0 saturated carbocycles. The van der Waals surface area contributed by atoms with E-state index in [1.54, 1.807) is 76.1 Å². The van der Waals surface area contributed by atoms with Crippen molar-refractivity contribution in [2.45, 2.75) is 96.7 Å². The molecular formula is C49H56F3N7O9S. The van der Waals surface area contributed by atoms with Gasteiger partial charge in [0, 0.05) is 50.6 Å². The summed E-state index contributed by atoms with van der Waals surface area (Å²) in [5.74, 6) is -0.724. The topological polar surface area (TPSA) is 200 Å². The molecule has 6 rings (SSSR count). The first kappa shape index (κ1) is 52.0. The normalized spacial score (nSPS) is 17.5. The quantitative estimate of drug-likeness (QED) is 0.0638. The molecular weight excluding hydrogens is 920 g/mol. The summed E-state index contributed by atoms with van der Waals surface area (Å²) >= 11 is 5.62. The van der Waals surface area contributed by atoms with E-state index in [1.807, 2.05) is 24.3 Å². The number of nitrogens with one attached hydrogen (secondary N) is 2. The van der Waals surface area contributed by atoms with Crippen molar-refractivity contribution in [2.24, 2.45) is 5.41 Å². The first-order valence-corrected chi connectivity index (χ1v) is 22.8. The van der Waals surface area contributed by atoms with Crippen molar-refractivity contribution in [3.05, 3.63) is 96.0 Å². The van der Waals surface area contributed by atoms with Gasteiger partial charge in [-0.2, -0.15) is 18.4 Å². The third-order valence-electron chi connectivity index (χ3n) is 11.6. The number of aliphatic hydroxyl groups excluding tert-OH is 1. The van der Waals surface area contributed by atoms with Crippen LogP contribution < -0.4 is 25.2 Å². The van der Waals surface area contributed by atoms with Gasteiger partial charge in [-0.15, -0.1) is 0 Å². The number of carbonyl (C=O) groups is 4. The Morgan fingerprint density at radius 2 is 1.64 bits per heavy atom. The van der Waals surface area contributed by atoms with E-state index < -0.39 is 70.1 Å². The molecule has 69 heavy (non-hydrogen) atoms. The van der Waals surface area contributed by atoms with E-state index in [-0.39, 0.29) is 43.5 Å². The molecule has 2 fully saturated rings. The van der Waals surface area contributed by atoms with Crippen LogP contribution in [0.2, 0.25) is 0 Å². The van der Waals surface area contributed by atoms with Gasteiger partial charge in [0.25, 0.3) is 5.91 Å². The number of unbranched alkanes of at least 4 members (excludes halogenated alkanes) is 1. The average molecular weight is 976 g/mol. The summed E-state index contributed by atoms with van der Waals surface area (Å²) in [7, 11) is 0. The number of aromatic nitrogens is 1. The second kappa shape index (κ2) is 22.4. The first-order valence-electron chi connectivity index (χ1n) is 22.4. The van der Waals surface area contributed by atoms with Crippen molar-refractivity contribution in [1.29, 1.82) is 5.26 Å². The van der Waals surface area contributed by atoms with Crippen molar-refractivity contribution in [3.8, 4) is 23.1 Å². The van der Waals surface area contributed by atoms with Gasteiger partial charge in [0.15, 0.2) is 17.3 Å². The van der Waals surface area contributed by atoms with E-state index in [2.05, 4.69) is 15.6 Å². The van der Waals surface area contributed by atoms with E-state index in [0.29, 0.717) is 56.3 Å². The number of likely N-dealkylation sites (tertiary alicyclic amines) is 1. The third kappa shape index (κ3) is 12.8. The van der Waals surface area contributed by atoms with Crippen molar-refractivity contribution in [2.75, 3.05) is 49.4 Å². The zero-order valence-corrected chi connectivity index (χ0v) is 39.8. The third-order valence-corrected chi connectivity index (χ3v) is 12.0. The molecule has 3 atom stereocenters. The molecule has 2 aliphatic rings. The van der Waals surface area contributed by atoms with Crippen LogP contribution in [0.3, 0.4) is 0 Å². The lowest BCUT2D eigenvalue weighted by Gasteiger charge is -2.35. The number of alkyl halides is 3. The minimum atomic E-state index is -4.80. The highest BCUT2D eigenvalue weighted by molar-refractivity contribution is 7.81. The van der Waals surface area contributed by atoms with Gasteiger partial charge < -0.3 is 44.2 Å². The van der Waals surface area contributed by atoms with Crippen LogP contribution in [-0.4, -0.2) is 107 Å². The van der Waals surface area contributed by atoms with Gasteiger partial charge in [-0.1, -0.05) is 45.0 Å². The fourth-order valence-electron chi connectivity index (χ4n) is 7.95. The van der Waals surface area contributed by atoms with Crippen LogP contribution in [0.4, 0.5) is 24.5 Å². The number of hydrogen-bond acceptors (Lipinski definition) is 12. The summed E-state index contributed by atoms with van der Waals surface area (Å²) in [6.45, 7) is 10.0. The maximum atomic E-state index is 13.9. The Kier molecular flexibility index (Phi) is 16.8. The summed E-state index contributed by atoms with van der Waals surface area (Å²) in [6.07, 6.45) is -0.770. The molecule has 0 bridgehead atoms. The van der Waals surface area contributed by atoms with E-state index in [0.717, 1.165) is 28.2 Å². The Morgan fingerprint density at radius 1 is 0.971 bits per heavy atom. The molecule has 2 aliphatic heterocycles. The number of nitriles is 1. The molecule has 0 aliphatic carbocycles. The van der Waals surface area contributed by atoms with Crippen LogP contribution in [0.15, 0.2) is 83.7 Å². The molecule has 4 amide bonds. The number of ether oxygens (including phenoxy) is 3. The van der Waals surface area contributed by atoms with Crippen LogP contribution in [0.1, 0.15) is 77.0 Å². The Labute approximate surface area is 403 Å². The number of hydrogen-bond donors (Lipinski definition) is 3. The monoisotopic (exact) mass is 975 g/mol. The van der Waals surface area contributed by atoms with Gasteiger partial charge >= 0.3 is 6.18 Å². The zero-order valence-electron chi connectivity index (χ0n) is 39.0. The van der Waals surface area contributed by atoms with Gasteiger partial charge in [0.1, 0.15) is 30.0 Å². The number of anilines is 2. The van der Waals surface area contributed by atoms with Crippen molar-refractivity contribution in [1.82, 2.24) is 20.5 Å².